The molecule has 1 atom stereocenters. The van der Waals surface area contributed by atoms with Crippen molar-refractivity contribution in [2.24, 2.45) is 5.41 Å². The van der Waals surface area contributed by atoms with Gasteiger partial charge in [0.1, 0.15) is 6.04 Å². The van der Waals surface area contributed by atoms with Gasteiger partial charge >= 0.3 is 12.1 Å². The molecule has 5 nitrogen and oxygen atoms in total. The number of ether oxygens (including phenoxy) is 2. The Labute approximate surface area is 153 Å². The Bertz CT molecular complexity index is 403. The summed E-state index contributed by atoms with van der Waals surface area (Å²) in [4.78, 5) is 26.0. The predicted molar refractivity (Wildman–Crippen MR) is 99.5 cm³/mol. The molecule has 1 saturated heterocycles. The lowest BCUT2D eigenvalue weighted by Crippen LogP contribution is -2.42. The summed E-state index contributed by atoms with van der Waals surface area (Å²) >= 11 is 0. The van der Waals surface area contributed by atoms with E-state index in [0.29, 0.717) is 26.2 Å². The number of carbonyl (C=O) groups excluding carboxylic acids is 2. The maximum Gasteiger partial charge on any atom is 0.410 e. The Morgan fingerprint density at radius 2 is 1.64 bits per heavy atom. The van der Waals surface area contributed by atoms with E-state index in [-0.39, 0.29) is 11.4 Å². The van der Waals surface area contributed by atoms with Crippen molar-refractivity contribution in [1.82, 2.24) is 4.90 Å². The van der Waals surface area contributed by atoms with Crippen molar-refractivity contribution >= 4 is 12.1 Å². The van der Waals surface area contributed by atoms with E-state index in [4.69, 9.17) is 9.47 Å². The Hall–Kier alpha value is -1.26. The van der Waals surface area contributed by atoms with Crippen molar-refractivity contribution in [3.63, 3.8) is 0 Å². The van der Waals surface area contributed by atoms with E-state index in [1.165, 1.54) is 37.0 Å². The van der Waals surface area contributed by atoms with E-state index in [1.54, 1.807) is 0 Å². The highest BCUT2D eigenvalue weighted by molar-refractivity contribution is 5.82. The number of hydrogen-bond donors (Lipinski definition) is 0. The van der Waals surface area contributed by atoms with Gasteiger partial charge in [-0.15, -0.1) is 0 Å². The van der Waals surface area contributed by atoms with Gasteiger partial charge < -0.3 is 9.47 Å². The Morgan fingerprint density at radius 3 is 2.28 bits per heavy atom. The van der Waals surface area contributed by atoms with Gasteiger partial charge in [-0.1, -0.05) is 66.2 Å². The summed E-state index contributed by atoms with van der Waals surface area (Å²) in [7, 11) is 0. The molecule has 1 amide bonds. The molecule has 0 saturated carbocycles. The lowest BCUT2D eigenvalue weighted by atomic mass is 9.99. The minimum absolute atomic E-state index is 0.0808. The Kier molecular flexibility index (Phi) is 9.91. The molecule has 5 heteroatoms. The summed E-state index contributed by atoms with van der Waals surface area (Å²) in [5.41, 5.74) is -0.0808. The van der Waals surface area contributed by atoms with E-state index in [0.717, 1.165) is 19.3 Å². The van der Waals surface area contributed by atoms with Gasteiger partial charge in [0.15, 0.2) is 0 Å². The molecular formula is C20H37NO4. The van der Waals surface area contributed by atoms with Gasteiger partial charge in [0.2, 0.25) is 0 Å². The zero-order valence-electron chi connectivity index (χ0n) is 16.6. The summed E-state index contributed by atoms with van der Waals surface area (Å²) in [5, 5.41) is 0. The third-order valence-electron chi connectivity index (χ3n) is 4.38. The molecule has 0 aromatic heterocycles. The number of rotatable bonds is 10. The summed E-state index contributed by atoms with van der Waals surface area (Å²) in [6.07, 6.45) is 9.41. The Balaban J connectivity index is 2.23. The second kappa shape index (κ2) is 11.4. The summed E-state index contributed by atoms with van der Waals surface area (Å²) in [6.45, 7) is 9.62. The molecule has 1 unspecified atom stereocenters. The summed E-state index contributed by atoms with van der Waals surface area (Å²) < 4.78 is 10.7. The SMILES string of the molecule is CCCCCCCCCOC(=O)C1CCCN1C(=O)OCC(C)(C)C. The first-order valence-electron chi connectivity index (χ1n) is 9.95. The van der Waals surface area contributed by atoms with Crippen molar-refractivity contribution in [1.29, 1.82) is 0 Å². The van der Waals surface area contributed by atoms with E-state index in [1.807, 2.05) is 20.8 Å². The molecule has 1 fully saturated rings. The van der Waals surface area contributed by atoms with Crippen LogP contribution in [0.3, 0.4) is 0 Å². The van der Waals surface area contributed by atoms with Crippen LogP contribution in [0.4, 0.5) is 4.79 Å². The topological polar surface area (TPSA) is 55.8 Å². The van der Waals surface area contributed by atoms with Crippen LogP contribution < -0.4 is 0 Å². The maximum absolute atomic E-state index is 12.3. The average Bonchev–Trinajstić information content (AvgIpc) is 3.04. The lowest BCUT2D eigenvalue weighted by molar-refractivity contribution is -0.148. The molecule has 0 aromatic carbocycles. The smallest absolute Gasteiger partial charge is 0.410 e. The molecule has 146 valence electrons. The van der Waals surface area contributed by atoms with Gasteiger partial charge in [0.05, 0.1) is 13.2 Å². The van der Waals surface area contributed by atoms with Crippen LogP contribution in [-0.4, -0.2) is 42.8 Å². The molecule has 0 spiro atoms. The maximum atomic E-state index is 12.3. The molecule has 1 aliphatic heterocycles. The van der Waals surface area contributed by atoms with Gasteiger partial charge in [-0.2, -0.15) is 0 Å². The van der Waals surface area contributed by atoms with Crippen LogP contribution in [0.25, 0.3) is 0 Å². The van der Waals surface area contributed by atoms with Crippen molar-refractivity contribution in [2.75, 3.05) is 19.8 Å². The van der Waals surface area contributed by atoms with E-state index >= 15 is 0 Å². The van der Waals surface area contributed by atoms with Crippen LogP contribution in [0, 0.1) is 5.41 Å². The highest BCUT2D eigenvalue weighted by atomic mass is 16.6. The molecule has 0 N–H and O–H groups in total. The van der Waals surface area contributed by atoms with Crippen LogP contribution in [0.1, 0.15) is 85.5 Å². The third kappa shape index (κ3) is 9.13. The van der Waals surface area contributed by atoms with Crippen molar-refractivity contribution in [3.8, 4) is 0 Å². The molecule has 1 aliphatic rings. The quantitative estimate of drug-likeness (QED) is 0.412. The average molecular weight is 356 g/mol. The van der Waals surface area contributed by atoms with Gasteiger partial charge in [-0.25, -0.2) is 9.59 Å². The lowest BCUT2D eigenvalue weighted by Gasteiger charge is -2.25. The fourth-order valence-corrected chi connectivity index (χ4v) is 2.92. The van der Waals surface area contributed by atoms with Crippen molar-refractivity contribution in [3.05, 3.63) is 0 Å². The van der Waals surface area contributed by atoms with E-state index in [2.05, 4.69) is 6.92 Å². The van der Waals surface area contributed by atoms with E-state index < -0.39 is 12.1 Å². The molecule has 25 heavy (non-hydrogen) atoms. The van der Waals surface area contributed by atoms with Crippen LogP contribution in [0.5, 0.6) is 0 Å². The predicted octanol–water partition coefficient (Wildman–Crippen LogP) is 4.93. The standard InChI is InChI=1S/C20H37NO4/c1-5-6-7-8-9-10-11-15-24-18(22)17-13-12-14-21(17)19(23)25-16-20(2,3)4/h17H,5-16H2,1-4H3. The molecule has 1 heterocycles. The first kappa shape index (κ1) is 21.8. The molecular weight excluding hydrogens is 318 g/mol. The highest BCUT2D eigenvalue weighted by Crippen LogP contribution is 2.21. The molecule has 0 aromatic rings. The van der Waals surface area contributed by atoms with Gasteiger partial charge in [0.25, 0.3) is 0 Å². The zero-order valence-corrected chi connectivity index (χ0v) is 16.6. The fraction of sp³-hybridized carbons (Fsp3) is 0.900. The number of likely N-dealkylation sites (tertiary alicyclic amines) is 1. The monoisotopic (exact) mass is 355 g/mol. The third-order valence-corrected chi connectivity index (χ3v) is 4.38. The largest absolute Gasteiger partial charge is 0.464 e. The summed E-state index contributed by atoms with van der Waals surface area (Å²) in [5.74, 6) is -0.281. The van der Waals surface area contributed by atoms with Crippen LogP contribution in [0.15, 0.2) is 0 Å². The second-order valence-corrected chi connectivity index (χ2v) is 8.26. The number of hydrogen-bond acceptors (Lipinski definition) is 4. The highest BCUT2D eigenvalue weighted by Gasteiger charge is 2.36. The number of carbonyl (C=O) groups is 2. The number of unbranched alkanes of at least 4 members (excludes halogenated alkanes) is 6. The Morgan fingerprint density at radius 1 is 1.00 bits per heavy atom. The van der Waals surface area contributed by atoms with E-state index in [9.17, 15) is 9.59 Å². The zero-order chi connectivity index (χ0) is 18.7. The first-order chi connectivity index (χ1) is 11.8. The first-order valence-corrected chi connectivity index (χ1v) is 9.95. The molecule has 0 radical (unpaired) electrons. The van der Waals surface area contributed by atoms with Crippen LogP contribution >= 0.6 is 0 Å². The number of nitrogens with zero attached hydrogens (tertiary/aromatic N) is 1. The van der Waals surface area contributed by atoms with Crippen molar-refractivity contribution < 1.29 is 19.1 Å². The minimum Gasteiger partial charge on any atom is -0.464 e. The van der Waals surface area contributed by atoms with Crippen LogP contribution in [-0.2, 0) is 14.3 Å². The molecule has 0 aliphatic carbocycles. The molecule has 0 bridgehead atoms. The molecule has 1 rings (SSSR count). The van der Waals surface area contributed by atoms with Gasteiger partial charge in [-0.05, 0) is 24.7 Å². The second-order valence-electron chi connectivity index (χ2n) is 8.26. The fourth-order valence-electron chi connectivity index (χ4n) is 2.92. The van der Waals surface area contributed by atoms with Crippen molar-refractivity contribution in [2.45, 2.75) is 91.5 Å². The normalized spacial score (nSPS) is 17.6. The summed E-state index contributed by atoms with van der Waals surface area (Å²) in [6, 6.07) is -0.475. The van der Waals surface area contributed by atoms with Gasteiger partial charge in [0, 0.05) is 6.54 Å². The van der Waals surface area contributed by atoms with Crippen LogP contribution in [0.2, 0.25) is 0 Å². The van der Waals surface area contributed by atoms with Gasteiger partial charge in [-0.3, -0.25) is 4.90 Å². The number of esters is 1. The number of amides is 1. The minimum atomic E-state index is -0.475.